The Labute approximate surface area is 112 Å². The molecular formula is C14H20N4O. The number of aryl methyl sites for hydroxylation is 1. The van der Waals surface area contributed by atoms with Crippen LogP contribution < -0.4 is 11.0 Å². The topological polar surface area (TPSA) is 63.9 Å². The fraction of sp³-hybridized carbons (Fsp3) is 0.500. The Bertz CT molecular complexity index is 615. The van der Waals surface area contributed by atoms with Gasteiger partial charge in [0.2, 0.25) is 0 Å². The van der Waals surface area contributed by atoms with E-state index in [2.05, 4.69) is 39.4 Å². The van der Waals surface area contributed by atoms with Crippen LogP contribution in [0.3, 0.4) is 0 Å². The summed E-state index contributed by atoms with van der Waals surface area (Å²) in [4.78, 5) is 19.2. The van der Waals surface area contributed by atoms with E-state index in [0.29, 0.717) is 6.04 Å². The molecule has 19 heavy (non-hydrogen) atoms. The maximum absolute atomic E-state index is 11.2. The van der Waals surface area contributed by atoms with Crippen molar-refractivity contribution in [2.75, 3.05) is 26.7 Å². The fourth-order valence-corrected chi connectivity index (χ4v) is 2.76. The lowest BCUT2D eigenvalue weighted by molar-refractivity contribution is 0.232. The van der Waals surface area contributed by atoms with E-state index < -0.39 is 0 Å². The minimum absolute atomic E-state index is 0.136. The van der Waals surface area contributed by atoms with Crippen molar-refractivity contribution in [1.82, 2.24) is 20.2 Å². The van der Waals surface area contributed by atoms with Crippen LogP contribution in [0.2, 0.25) is 0 Å². The third kappa shape index (κ3) is 2.88. The predicted molar refractivity (Wildman–Crippen MR) is 76.5 cm³/mol. The average Bonchev–Trinajstić information content (AvgIpc) is 2.75. The van der Waals surface area contributed by atoms with Crippen LogP contribution in [0.5, 0.6) is 0 Å². The summed E-state index contributed by atoms with van der Waals surface area (Å²) in [7, 11) is 2.17. The van der Waals surface area contributed by atoms with Crippen LogP contribution in [0.15, 0.2) is 23.0 Å². The highest BCUT2D eigenvalue weighted by atomic mass is 16.1. The predicted octanol–water partition coefficient (Wildman–Crippen LogP) is 0.692. The van der Waals surface area contributed by atoms with E-state index in [9.17, 15) is 4.79 Å². The van der Waals surface area contributed by atoms with E-state index in [4.69, 9.17) is 0 Å². The number of piperazine rings is 1. The van der Waals surface area contributed by atoms with E-state index in [1.165, 1.54) is 5.56 Å². The molecular weight excluding hydrogens is 240 g/mol. The number of nitrogens with one attached hydrogen (secondary N) is 3. The van der Waals surface area contributed by atoms with Gasteiger partial charge in [-0.3, -0.25) is 0 Å². The van der Waals surface area contributed by atoms with Crippen molar-refractivity contribution in [2.45, 2.75) is 18.9 Å². The van der Waals surface area contributed by atoms with Crippen molar-refractivity contribution >= 4 is 11.0 Å². The Morgan fingerprint density at radius 1 is 1.32 bits per heavy atom. The van der Waals surface area contributed by atoms with Gasteiger partial charge in [-0.25, -0.2) is 4.79 Å². The smallest absolute Gasteiger partial charge is 0.311 e. The zero-order chi connectivity index (χ0) is 13.2. The van der Waals surface area contributed by atoms with Crippen molar-refractivity contribution in [2.24, 2.45) is 0 Å². The standard InChI is InChI=1S/C14H20N4O/c1-18-7-6-15-11(9-18)4-2-10-3-5-12-13(8-10)17-14(19)16-12/h3,5,8,11,15H,2,4,6-7,9H2,1H3,(H2,16,17,19). The van der Waals surface area contributed by atoms with E-state index in [1.54, 1.807) is 0 Å². The molecule has 0 amide bonds. The molecule has 1 atom stereocenters. The zero-order valence-electron chi connectivity index (χ0n) is 11.2. The zero-order valence-corrected chi connectivity index (χ0v) is 11.2. The maximum Gasteiger partial charge on any atom is 0.323 e. The number of fused-ring (bicyclic) bond motifs is 1. The van der Waals surface area contributed by atoms with Crippen molar-refractivity contribution in [3.8, 4) is 0 Å². The van der Waals surface area contributed by atoms with E-state index in [0.717, 1.165) is 43.5 Å². The minimum atomic E-state index is -0.136. The molecule has 102 valence electrons. The molecule has 0 radical (unpaired) electrons. The number of aromatic amines is 2. The summed E-state index contributed by atoms with van der Waals surface area (Å²) in [5, 5.41) is 3.56. The number of rotatable bonds is 3. The van der Waals surface area contributed by atoms with Crippen LogP contribution in [-0.4, -0.2) is 47.6 Å². The van der Waals surface area contributed by atoms with Gasteiger partial charge in [0.15, 0.2) is 0 Å². The summed E-state index contributed by atoms with van der Waals surface area (Å²) >= 11 is 0. The highest BCUT2D eigenvalue weighted by Crippen LogP contribution is 2.13. The molecule has 1 unspecified atom stereocenters. The van der Waals surface area contributed by atoms with Gasteiger partial charge >= 0.3 is 5.69 Å². The summed E-state index contributed by atoms with van der Waals surface area (Å²) in [6.07, 6.45) is 2.17. The van der Waals surface area contributed by atoms with Crippen LogP contribution in [-0.2, 0) is 6.42 Å². The van der Waals surface area contributed by atoms with Crippen molar-refractivity contribution in [3.05, 3.63) is 34.2 Å². The first-order valence-corrected chi connectivity index (χ1v) is 6.83. The third-order valence-electron chi connectivity index (χ3n) is 3.82. The molecule has 2 aromatic rings. The van der Waals surface area contributed by atoms with Gasteiger partial charge in [-0.05, 0) is 37.6 Å². The second-order valence-corrected chi connectivity index (χ2v) is 5.41. The van der Waals surface area contributed by atoms with Crippen LogP contribution in [0, 0.1) is 0 Å². The number of H-pyrrole nitrogens is 2. The second kappa shape index (κ2) is 5.19. The number of aromatic nitrogens is 2. The molecule has 2 heterocycles. The number of likely N-dealkylation sites (N-methyl/N-ethyl adjacent to an activating group) is 1. The van der Waals surface area contributed by atoms with Gasteiger partial charge in [0.1, 0.15) is 0 Å². The first kappa shape index (κ1) is 12.4. The lowest BCUT2D eigenvalue weighted by Crippen LogP contribution is -2.49. The Kier molecular flexibility index (Phi) is 3.40. The molecule has 1 fully saturated rings. The Balaban J connectivity index is 1.66. The largest absolute Gasteiger partial charge is 0.323 e. The van der Waals surface area contributed by atoms with Gasteiger partial charge in [0.25, 0.3) is 0 Å². The summed E-state index contributed by atoms with van der Waals surface area (Å²) in [5.41, 5.74) is 2.92. The summed E-state index contributed by atoms with van der Waals surface area (Å²) in [6, 6.07) is 6.71. The molecule has 1 aromatic carbocycles. The van der Waals surface area contributed by atoms with Crippen molar-refractivity contribution in [3.63, 3.8) is 0 Å². The van der Waals surface area contributed by atoms with E-state index >= 15 is 0 Å². The number of hydrogen-bond acceptors (Lipinski definition) is 3. The number of hydrogen-bond donors (Lipinski definition) is 3. The highest BCUT2D eigenvalue weighted by molar-refractivity contribution is 5.74. The van der Waals surface area contributed by atoms with Crippen LogP contribution in [0.4, 0.5) is 0 Å². The fourth-order valence-electron chi connectivity index (χ4n) is 2.76. The summed E-state index contributed by atoms with van der Waals surface area (Å²) in [6.45, 7) is 3.32. The summed E-state index contributed by atoms with van der Waals surface area (Å²) in [5.74, 6) is 0. The summed E-state index contributed by atoms with van der Waals surface area (Å²) < 4.78 is 0. The maximum atomic E-state index is 11.2. The van der Waals surface area contributed by atoms with Gasteiger partial charge in [0, 0.05) is 25.7 Å². The average molecular weight is 260 g/mol. The molecule has 0 bridgehead atoms. The lowest BCUT2D eigenvalue weighted by atomic mass is 10.0. The molecule has 3 rings (SSSR count). The van der Waals surface area contributed by atoms with Gasteiger partial charge in [-0.1, -0.05) is 6.07 Å². The van der Waals surface area contributed by atoms with Crippen LogP contribution in [0.1, 0.15) is 12.0 Å². The molecule has 1 aromatic heterocycles. The number of benzene rings is 1. The quantitative estimate of drug-likeness (QED) is 0.761. The van der Waals surface area contributed by atoms with Crippen LogP contribution in [0.25, 0.3) is 11.0 Å². The van der Waals surface area contributed by atoms with Gasteiger partial charge in [-0.2, -0.15) is 0 Å². The van der Waals surface area contributed by atoms with E-state index in [-0.39, 0.29) is 5.69 Å². The molecule has 1 saturated heterocycles. The Morgan fingerprint density at radius 2 is 2.16 bits per heavy atom. The van der Waals surface area contributed by atoms with Crippen molar-refractivity contribution < 1.29 is 0 Å². The Hall–Kier alpha value is -1.59. The highest BCUT2D eigenvalue weighted by Gasteiger charge is 2.15. The number of nitrogens with zero attached hydrogens (tertiary/aromatic N) is 1. The minimum Gasteiger partial charge on any atom is -0.311 e. The monoisotopic (exact) mass is 260 g/mol. The van der Waals surface area contributed by atoms with Crippen LogP contribution >= 0.6 is 0 Å². The van der Waals surface area contributed by atoms with E-state index in [1.807, 2.05) is 6.07 Å². The molecule has 5 heteroatoms. The lowest BCUT2D eigenvalue weighted by Gasteiger charge is -2.30. The SMILES string of the molecule is CN1CCNC(CCc2ccc3[nH]c(=O)[nH]c3c2)C1. The number of imidazole rings is 1. The molecule has 0 aliphatic carbocycles. The third-order valence-corrected chi connectivity index (χ3v) is 3.82. The molecule has 0 spiro atoms. The molecule has 0 saturated carbocycles. The molecule has 1 aliphatic heterocycles. The first-order chi connectivity index (χ1) is 9.20. The van der Waals surface area contributed by atoms with Gasteiger partial charge in [0.05, 0.1) is 11.0 Å². The van der Waals surface area contributed by atoms with Gasteiger partial charge in [-0.15, -0.1) is 0 Å². The normalized spacial score (nSPS) is 21.0. The van der Waals surface area contributed by atoms with Gasteiger partial charge < -0.3 is 20.2 Å². The van der Waals surface area contributed by atoms with Crippen molar-refractivity contribution in [1.29, 1.82) is 0 Å². The molecule has 3 N–H and O–H groups in total. The first-order valence-electron chi connectivity index (χ1n) is 6.83. The molecule has 1 aliphatic rings. The molecule has 5 nitrogen and oxygen atoms in total. The Morgan fingerprint density at radius 3 is 3.00 bits per heavy atom. The second-order valence-electron chi connectivity index (χ2n) is 5.41.